The van der Waals surface area contributed by atoms with Crippen molar-refractivity contribution >= 4 is 17.3 Å². The van der Waals surface area contributed by atoms with Gasteiger partial charge in [-0.15, -0.1) is 0 Å². The van der Waals surface area contributed by atoms with Gasteiger partial charge in [0.2, 0.25) is 0 Å². The number of fused-ring (bicyclic) bond motifs is 2. The van der Waals surface area contributed by atoms with Crippen LogP contribution in [0.1, 0.15) is 33.5 Å². The number of benzene rings is 2. The van der Waals surface area contributed by atoms with E-state index in [9.17, 15) is 4.79 Å². The molecule has 0 atom stereocenters. The normalized spacial score (nSPS) is 15.9. The molecule has 0 saturated carbocycles. The minimum atomic E-state index is 0.0917. The van der Waals surface area contributed by atoms with Crippen molar-refractivity contribution in [2.24, 2.45) is 0 Å². The number of hydrogen-bond acceptors (Lipinski definition) is 2. The number of amides is 1. The average Bonchev–Trinajstić information content (AvgIpc) is 3.11. The number of anilines is 2. The monoisotopic (exact) mass is 278 g/mol. The molecule has 0 aromatic heterocycles. The molecule has 1 aliphatic carbocycles. The van der Waals surface area contributed by atoms with Crippen LogP contribution in [0.15, 0.2) is 36.4 Å². The molecule has 0 saturated heterocycles. The van der Waals surface area contributed by atoms with Crippen molar-refractivity contribution < 1.29 is 4.79 Å². The third kappa shape index (κ3) is 2.00. The summed E-state index contributed by atoms with van der Waals surface area (Å²) in [5.74, 6) is 0.0917. The van der Waals surface area contributed by atoms with E-state index >= 15 is 0 Å². The molecule has 2 aromatic carbocycles. The van der Waals surface area contributed by atoms with E-state index in [2.05, 4.69) is 12.1 Å². The standard InChI is InChI=1S/C18H18N2O/c19-16-7-6-13-8-9-20(17(13)11-16)18(21)15-5-4-12-2-1-3-14(12)10-15/h4-7,10-11H,1-3,8-9,19H2. The van der Waals surface area contributed by atoms with E-state index in [1.807, 2.05) is 29.2 Å². The Kier molecular flexibility index (Phi) is 2.74. The van der Waals surface area contributed by atoms with Crippen LogP contribution in [-0.4, -0.2) is 12.5 Å². The van der Waals surface area contributed by atoms with Crippen LogP contribution in [0.5, 0.6) is 0 Å². The van der Waals surface area contributed by atoms with Crippen LogP contribution >= 0.6 is 0 Å². The first-order valence-corrected chi connectivity index (χ1v) is 7.54. The zero-order valence-electron chi connectivity index (χ0n) is 11.9. The van der Waals surface area contributed by atoms with Gasteiger partial charge in [-0.25, -0.2) is 0 Å². The van der Waals surface area contributed by atoms with Gasteiger partial charge in [-0.3, -0.25) is 4.79 Å². The van der Waals surface area contributed by atoms with Crippen molar-refractivity contribution in [1.82, 2.24) is 0 Å². The highest BCUT2D eigenvalue weighted by molar-refractivity contribution is 6.07. The van der Waals surface area contributed by atoms with Crippen molar-refractivity contribution in [1.29, 1.82) is 0 Å². The number of aryl methyl sites for hydroxylation is 2. The van der Waals surface area contributed by atoms with Crippen LogP contribution in [0, 0.1) is 0 Å². The summed E-state index contributed by atoms with van der Waals surface area (Å²) in [5, 5.41) is 0. The van der Waals surface area contributed by atoms with Crippen LogP contribution in [-0.2, 0) is 19.3 Å². The molecular formula is C18H18N2O. The van der Waals surface area contributed by atoms with Gasteiger partial charge in [0.15, 0.2) is 0 Å². The van der Waals surface area contributed by atoms with Gasteiger partial charge >= 0.3 is 0 Å². The number of carbonyl (C=O) groups excluding carboxylic acids is 1. The Bertz CT molecular complexity index is 736. The first kappa shape index (κ1) is 12.5. The fourth-order valence-corrected chi connectivity index (χ4v) is 3.47. The number of hydrogen-bond donors (Lipinski definition) is 1. The van der Waals surface area contributed by atoms with Crippen LogP contribution in [0.4, 0.5) is 11.4 Å². The maximum absolute atomic E-state index is 12.8. The van der Waals surface area contributed by atoms with Gasteiger partial charge in [0.1, 0.15) is 0 Å². The summed E-state index contributed by atoms with van der Waals surface area (Å²) in [6.07, 6.45) is 4.36. The van der Waals surface area contributed by atoms with Crippen LogP contribution in [0.2, 0.25) is 0 Å². The number of nitrogen functional groups attached to an aromatic ring is 1. The van der Waals surface area contributed by atoms with Gasteiger partial charge in [0.05, 0.1) is 0 Å². The van der Waals surface area contributed by atoms with E-state index < -0.39 is 0 Å². The lowest BCUT2D eigenvalue weighted by molar-refractivity contribution is 0.0989. The van der Waals surface area contributed by atoms with Gasteiger partial charge in [0, 0.05) is 23.5 Å². The second-order valence-corrected chi connectivity index (χ2v) is 5.93. The Hall–Kier alpha value is -2.29. The highest BCUT2D eigenvalue weighted by Crippen LogP contribution is 2.32. The summed E-state index contributed by atoms with van der Waals surface area (Å²) in [4.78, 5) is 14.7. The molecular weight excluding hydrogens is 260 g/mol. The van der Waals surface area contributed by atoms with Crippen LogP contribution in [0.3, 0.4) is 0 Å². The third-order valence-electron chi connectivity index (χ3n) is 4.60. The van der Waals surface area contributed by atoms with E-state index in [0.29, 0.717) is 5.69 Å². The smallest absolute Gasteiger partial charge is 0.258 e. The molecule has 0 unspecified atom stereocenters. The van der Waals surface area contributed by atoms with E-state index in [1.165, 1.54) is 23.1 Å². The molecule has 0 spiro atoms. The first-order valence-electron chi connectivity index (χ1n) is 7.54. The minimum absolute atomic E-state index is 0.0917. The highest BCUT2D eigenvalue weighted by atomic mass is 16.2. The number of carbonyl (C=O) groups is 1. The molecule has 4 rings (SSSR count). The van der Waals surface area contributed by atoms with Crippen LogP contribution in [0.25, 0.3) is 0 Å². The Morgan fingerprint density at radius 3 is 2.67 bits per heavy atom. The molecule has 106 valence electrons. The maximum Gasteiger partial charge on any atom is 0.258 e. The molecule has 0 radical (unpaired) electrons. The van der Waals surface area contributed by atoms with Crippen molar-refractivity contribution in [2.75, 3.05) is 17.2 Å². The number of nitrogens with two attached hydrogens (primary N) is 1. The molecule has 0 bridgehead atoms. The molecule has 1 amide bonds. The molecule has 0 fully saturated rings. The molecule has 21 heavy (non-hydrogen) atoms. The summed E-state index contributed by atoms with van der Waals surface area (Å²) >= 11 is 0. The lowest BCUT2D eigenvalue weighted by Gasteiger charge is -2.18. The Balaban J connectivity index is 1.69. The zero-order valence-corrected chi connectivity index (χ0v) is 11.9. The topological polar surface area (TPSA) is 46.3 Å². The van der Waals surface area contributed by atoms with Crippen molar-refractivity contribution in [3.05, 3.63) is 58.7 Å². The fourth-order valence-electron chi connectivity index (χ4n) is 3.47. The third-order valence-corrected chi connectivity index (χ3v) is 4.60. The Morgan fingerprint density at radius 2 is 1.76 bits per heavy atom. The maximum atomic E-state index is 12.8. The molecule has 3 heteroatoms. The number of nitrogens with zero attached hydrogens (tertiary/aromatic N) is 1. The Morgan fingerprint density at radius 1 is 0.952 bits per heavy atom. The SMILES string of the molecule is Nc1ccc2c(c1)N(C(=O)c1ccc3c(c1)CCC3)CC2. The van der Waals surface area contributed by atoms with Gasteiger partial charge < -0.3 is 10.6 Å². The average molecular weight is 278 g/mol. The van der Waals surface area contributed by atoms with E-state index in [-0.39, 0.29) is 5.91 Å². The second-order valence-electron chi connectivity index (χ2n) is 5.93. The van der Waals surface area contributed by atoms with E-state index in [1.54, 1.807) is 0 Å². The molecule has 1 heterocycles. The first-order chi connectivity index (χ1) is 10.2. The fraction of sp³-hybridized carbons (Fsp3) is 0.278. The zero-order chi connectivity index (χ0) is 14.4. The molecule has 2 N–H and O–H groups in total. The quantitative estimate of drug-likeness (QED) is 0.815. The van der Waals surface area contributed by atoms with Gasteiger partial charge in [0.25, 0.3) is 5.91 Å². The van der Waals surface area contributed by atoms with E-state index in [4.69, 9.17) is 5.73 Å². The predicted molar refractivity (Wildman–Crippen MR) is 84.7 cm³/mol. The highest BCUT2D eigenvalue weighted by Gasteiger charge is 2.26. The molecule has 1 aliphatic heterocycles. The number of rotatable bonds is 1. The Labute approximate surface area is 124 Å². The lowest BCUT2D eigenvalue weighted by atomic mass is 10.1. The second kappa shape index (κ2) is 4.62. The van der Waals surface area contributed by atoms with Gasteiger partial charge in [-0.05, 0) is 66.6 Å². The molecule has 2 aliphatic rings. The summed E-state index contributed by atoms with van der Waals surface area (Å²) < 4.78 is 0. The predicted octanol–water partition coefficient (Wildman–Crippen LogP) is 2.96. The summed E-state index contributed by atoms with van der Waals surface area (Å²) in [6, 6.07) is 12.0. The van der Waals surface area contributed by atoms with Crippen molar-refractivity contribution in [3.8, 4) is 0 Å². The van der Waals surface area contributed by atoms with Crippen molar-refractivity contribution in [3.63, 3.8) is 0 Å². The molecule has 2 aromatic rings. The lowest BCUT2D eigenvalue weighted by Crippen LogP contribution is -2.29. The summed E-state index contributed by atoms with van der Waals surface area (Å²) in [5.41, 5.74) is 12.3. The van der Waals surface area contributed by atoms with Gasteiger partial charge in [-0.1, -0.05) is 12.1 Å². The van der Waals surface area contributed by atoms with Gasteiger partial charge in [-0.2, -0.15) is 0 Å². The summed E-state index contributed by atoms with van der Waals surface area (Å²) in [7, 11) is 0. The minimum Gasteiger partial charge on any atom is -0.399 e. The van der Waals surface area contributed by atoms with Crippen LogP contribution < -0.4 is 10.6 Å². The largest absolute Gasteiger partial charge is 0.399 e. The van der Waals surface area contributed by atoms with Crippen molar-refractivity contribution in [2.45, 2.75) is 25.7 Å². The van der Waals surface area contributed by atoms with E-state index in [0.717, 1.165) is 37.1 Å². The summed E-state index contributed by atoms with van der Waals surface area (Å²) in [6.45, 7) is 0.745. The molecule has 3 nitrogen and oxygen atoms in total.